The summed E-state index contributed by atoms with van der Waals surface area (Å²) in [5.74, 6) is 0. The zero-order chi connectivity index (χ0) is 6.71. The zero-order valence-corrected chi connectivity index (χ0v) is 6.08. The molecule has 0 aliphatic carbocycles. The highest BCUT2D eigenvalue weighted by Crippen LogP contribution is 1.17. The lowest BCUT2D eigenvalue weighted by Gasteiger charge is -1.30. The van der Waals surface area contributed by atoms with Gasteiger partial charge in [0.1, 0.15) is 0 Å². The predicted molar refractivity (Wildman–Crippen MR) is 39.3 cm³/mol. The van der Waals surface area contributed by atoms with Crippen LogP contribution in [0.4, 0.5) is 0 Å². The summed E-state index contributed by atoms with van der Waals surface area (Å²) in [7, 11) is 0. The molecular formula is C6H19N. The van der Waals surface area contributed by atoms with Crippen LogP contribution >= 0.6 is 0 Å². The molecule has 0 amide bonds. The Labute approximate surface area is 48.7 Å². The van der Waals surface area contributed by atoms with Crippen molar-refractivity contribution in [1.82, 2.24) is 0 Å². The van der Waals surface area contributed by atoms with E-state index in [0.29, 0.717) is 0 Å². The molecule has 1 heteroatoms. The molecule has 0 rings (SSSR count). The van der Waals surface area contributed by atoms with Crippen molar-refractivity contribution in [2.24, 2.45) is 0 Å². The van der Waals surface area contributed by atoms with Crippen LogP contribution in [-0.4, -0.2) is 6.21 Å². The SMILES string of the molecule is CC.CC.CC=N.[HH]. The van der Waals surface area contributed by atoms with Gasteiger partial charge in [-0.2, -0.15) is 0 Å². The van der Waals surface area contributed by atoms with E-state index in [0.717, 1.165) is 0 Å². The molecule has 0 atom stereocenters. The van der Waals surface area contributed by atoms with Gasteiger partial charge >= 0.3 is 0 Å². The fourth-order valence-corrected chi connectivity index (χ4v) is 0. The Morgan fingerprint density at radius 1 is 1.14 bits per heavy atom. The van der Waals surface area contributed by atoms with E-state index < -0.39 is 0 Å². The molecular weight excluding hydrogens is 86.1 g/mol. The summed E-state index contributed by atoms with van der Waals surface area (Å²) in [4.78, 5) is 0. The van der Waals surface area contributed by atoms with Gasteiger partial charge in [0.2, 0.25) is 0 Å². The van der Waals surface area contributed by atoms with Gasteiger partial charge in [-0.1, -0.05) is 27.7 Å². The minimum atomic E-state index is 0. The molecule has 0 spiro atoms. The molecule has 1 N–H and O–H groups in total. The van der Waals surface area contributed by atoms with Gasteiger partial charge in [0.15, 0.2) is 0 Å². The summed E-state index contributed by atoms with van der Waals surface area (Å²) in [5.41, 5.74) is 0. The molecule has 0 saturated carbocycles. The highest BCUT2D eigenvalue weighted by Gasteiger charge is 1.17. The molecule has 1 nitrogen and oxygen atoms in total. The zero-order valence-electron chi connectivity index (χ0n) is 6.08. The topological polar surface area (TPSA) is 23.9 Å². The van der Waals surface area contributed by atoms with Crippen molar-refractivity contribution in [3.63, 3.8) is 0 Å². The fourth-order valence-electron chi connectivity index (χ4n) is 0. The molecule has 0 fully saturated rings. The Kier molecular flexibility index (Phi) is 627. The van der Waals surface area contributed by atoms with Crippen molar-refractivity contribution in [2.45, 2.75) is 34.6 Å². The number of hydrogen-bond donors (Lipinski definition) is 1. The Morgan fingerprint density at radius 3 is 1.14 bits per heavy atom. The van der Waals surface area contributed by atoms with Crippen LogP contribution in [0.5, 0.6) is 0 Å². The van der Waals surface area contributed by atoms with Gasteiger partial charge in [-0.15, -0.1) is 0 Å². The predicted octanol–water partition coefficient (Wildman–Crippen LogP) is 2.95. The molecule has 0 aromatic carbocycles. The molecule has 0 saturated heterocycles. The number of hydrogen-bond acceptors (Lipinski definition) is 1. The molecule has 0 aromatic rings. The van der Waals surface area contributed by atoms with Crippen LogP contribution in [0.25, 0.3) is 0 Å². The summed E-state index contributed by atoms with van der Waals surface area (Å²) in [6.07, 6.45) is 1.25. The number of rotatable bonds is 0. The minimum Gasteiger partial charge on any atom is -0.313 e. The third-order valence-electron chi connectivity index (χ3n) is 0. The average Bonchev–Trinajstić information content (AvgIpc) is 1.78. The van der Waals surface area contributed by atoms with Gasteiger partial charge in [0.25, 0.3) is 0 Å². The highest BCUT2D eigenvalue weighted by atomic mass is 14.3. The molecule has 0 bridgehead atoms. The number of nitrogens with one attached hydrogen (secondary N) is 1. The van der Waals surface area contributed by atoms with Gasteiger partial charge < -0.3 is 5.41 Å². The second-order valence-electron chi connectivity index (χ2n) is 0.289. The van der Waals surface area contributed by atoms with E-state index in [1.165, 1.54) is 6.21 Å². The average molecular weight is 105 g/mol. The van der Waals surface area contributed by atoms with E-state index in [4.69, 9.17) is 5.41 Å². The van der Waals surface area contributed by atoms with E-state index in [1.54, 1.807) is 6.92 Å². The van der Waals surface area contributed by atoms with E-state index in [9.17, 15) is 0 Å². The first kappa shape index (κ1) is 15.9. The molecule has 7 heavy (non-hydrogen) atoms. The third-order valence-corrected chi connectivity index (χ3v) is 0. The van der Waals surface area contributed by atoms with Gasteiger partial charge in [0.05, 0.1) is 0 Å². The van der Waals surface area contributed by atoms with Gasteiger partial charge in [-0.3, -0.25) is 0 Å². The summed E-state index contributed by atoms with van der Waals surface area (Å²) < 4.78 is 0. The minimum absolute atomic E-state index is 0. The molecule has 48 valence electrons. The van der Waals surface area contributed by atoms with Crippen molar-refractivity contribution in [2.75, 3.05) is 0 Å². The van der Waals surface area contributed by atoms with E-state index >= 15 is 0 Å². The summed E-state index contributed by atoms with van der Waals surface area (Å²) >= 11 is 0. The van der Waals surface area contributed by atoms with Crippen molar-refractivity contribution >= 4 is 6.21 Å². The van der Waals surface area contributed by atoms with Gasteiger partial charge in [-0.25, -0.2) is 0 Å². The van der Waals surface area contributed by atoms with Gasteiger partial charge in [-0.05, 0) is 13.1 Å². The monoisotopic (exact) mass is 105 g/mol. The second-order valence-corrected chi connectivity index (χ2v) is 0.289. The van der Waals surface area contributed by atoms with Gasteiger partial charge in [0, 0.05) is 1.43 Å². The Morgan fingerprint density at radius 2 is 1.14 bits per heavy atom. The van der Waals surface area contributed by atoms with Crippen LogP contribution in [0.3, 0.4) is 0 Å². The maximum absolute atomic E-state index is 6.08. The molecule has 0 aliphatic rings. The van der Waals surface area contributed by atoms with Crippen molar-refractivity contribution in [3.05, 3.63) is 0 Å². The lowest BCUT2D eigenvalue weighted by molar-refractivity contribution is 1.50. The Balaban J connectivity index is -0.0000000147. The first-order chi connectivity index (χ1) is 3.41. The quantitative estimate of drug-likeness (QED) is 0.458. The third kappa shape index (κ3) is 701. The van der Waals surface area contributed by atoms with Crippen LogP contribution < -0.4 is 0 Å². The van der Waals surface area contributed by atoms with Crippen LogP contribution in [-0.2, 0) is 0 Å². The van der Waals surface area contributed by atoms with Crippen LogP contribution in [0.1, 0.15) is 36.0 Å². The van der Waals surface area contributed by atoms with Crippen LogP contribution in [0.15, 0.2) is 0 Å². The Hall–Kier alpha value is -0.330. The summed E-state index contributed by atoms with van der Waals surface area (Å²) in [6, 6.07) is 0. The highest BCUT2D eigenvalue weighted by molar-refractivity contribution is 5.48. The standard InChI is InChI=1S/C2H5N.2C2H6.H2/c1-2-3;2*1-2;/h2-3H,1H3;2*1-2H3;1H. The van der Waals surface area contributed by atoms with Crippen LogP contribution in [0.2, 0.25) is 0 Å². The van der Waals surface area contributed by atoms with Crippen LogP contribution in [0, 0.1) is 5.41 Å². The van der Waals surface area contributed by atoms with Crippen molar-refractivity contribution in [3.8, 4) is 0 Å². The first-order valence-corrected chi connectivity index (χ1v) is 2.87. The molecule has 0 heterocycles. The maximum atomic E-state index is 6.08. The van der Waals surface area contributed by atoms with E-state index in [2.05, 4.69) is 0 Å². The second kappa shape index (κ2) is 275. The Bertz CT molecular complexity index is 16.0. The molecule has 0 aliphatic heterocycles. The fraction of sp³-hybridized carbons (Fsp3) is 0.833. The summed E-state index contributed by atoms with van der Waals surface area (Å²) in [5, 5.41) is 6.08. The van der Waals surface area contributed by atoms with Crippen molar-refractivity contribution < 1.29 is 1.43 Å². The van der Waals surface area contributed by atoms with E-state index in [-0.39, 0.29) is 1.43 Å². The normalized spacial score (nSPS) is 3.57. The smallest absolute Gasteiger partial charge is 0 e. The molecule has 0 aromatic heterocycles. The lowest BCUT2D eigenvalue weighted by atomic mass is 10.9. The summed E-state index contributed by atoms with van der Waals surface area (Å²) in [6.45, 7) is 9.67. The van der Waals surface area contributed by atoms with Crippen molar-refractivity contribution in [1.29, 1.82) is 5.41 Å². The largest absolute Gasteiger partial charge is 0.313 e. The first-order valence-electron chi connectivity index (χ1n) is 2.87. The molecule has 0 radical (unpaired) electrons. The van der Waals surface area contributed by atoms with E-state index in [1.807, 2.05) is 27.7 Å². The lowest BCUT2D eigenvalue weighted by Crippen LogP contribution is -1.32. The maximum Gasteiger partial charge on any atom is 0 e. The molecule has 0 unspecified atom stereocenters.